The average Bonchev–Trinajstić information content (AvgIpc) is 3.00. The highest BCUT2D eigenvalue weighted by Crippen LogP contribution is 2.32. The first-order chi connectivity index (χ1) is 7.74. The molecule has 0 aromatic rings. The van der Waals surface area contributed by atoms with Crippen LogP contribution in [-0.2, 0) is 0 Å². The van der Waals surface area contributed by atoms with Gasteiger partial charge in [0, 0.05) is 12.6 Å². The molecule has 2 heteroatoms. The first kappa shape index (κ1) is 12.4. The van der Waals surface area contributed by atoms with Crippen molar-refractivity contribution >= 4 is 0 Å². The van der Waals surface area contributed by atoms with Crippen molar-refractivity contribution in [1.82, 2.24) is 10.2 Å². The summed E-state index contributed by atoms with van der Waals surface area (Å²) in [5.41, 5.74) is 0. The maximum atomic E-state index is 3.70. The second-order valence-corrected chi connectivity index (χ2v) is 6.17. The van der Waals surface area contributed by atoms with Gasteiger partial charge in [-0.3, -0.25) is 0 Å². The van der Waals surface area contributed by atoms with E-state index in [0.29, 0.717) is 0 Å². The Labute approximate surface area is 101 Å². The fraction of sp³-hybridized carbons (Fsp3) is 1.00. The molecule has 2 aliphatic rings. The zero-order valence-electron chi connectivity index (χ0n) is 11.0. The minimum Gasteiger partial charge on any atom is -0.313 e. The van der Waals surface area contributed by atoms with Crippen LogP contribution in [0, 0.1) is 11.8 Å². The molecule has 1 saturated carbocycles. The van der Waals surface area contributed by atoms with Gasteiger partial charge in [0.1, 0.15) is 0 Å². The summed E-state index contributed by atoms with van der Waals surface area (Å²) in [4.78, 5) is 2.70. The SMILES string of the molecule is CC(C)CC1CN(CCC2CC2)CCCN1. The Balaban J connectivity index is 1.72. The van der Waals surface area contributed by atoms with Gasteiger partial charge < -0.3 is 10.2 Å². The Morgan fingerprint density at radius 2 is 2.12 bits per heavy atom. The van der Waals surface area contributed by atoms with E-state index in [1.165, 1.54) is 58.3 Å². The van der Waals surface area contributed by atoms with Gasteiger partial charge >= 0.3 is 0 Å². The summed E-state index contributed by atoms with van der Waals surface area (Å²) in [6, 6.07) is 0.738. The normalized spacial score (nSPS) is 28.3. The largest absolute Gasteiger partial charge is 0.313 e. The lowest BCUT2D eigenvalue weighted by molar-refractivity contribution is 0.248. The molecule has 0 amide bonds. The number of nitrogens with zero attached hydrogens (tertiary/aromatic N) is 1. The highest BCUT2D eigenvalue weighted by molar-refractivity contribution is 4.80. The van der Waals surface area contributed by atoms with Crippen molar-refractivity contribution in [2.75, 3.05) is 26.2 Å². The third-order valence-corrected chi connectivity index (χ3v) is 3.87. The topological polar surface area (TPSA) is 15.3 Å². The van der Waals surface area contributed by atoms with Crippen molar-refractivity contribution in [3.63, 3.8) is 0 Å². The van der Waals surface area contributed by atoms with E-state index in [0.717, 1.165) is 17.9 Å². The summed E-state index contributed by atoms with van der Waals surface area (Å²) < 4.78 is 0. The van der Waals surface area contributed by atoms with E-state index < -0.39 is 0 Å². The van der Waals surface area contributed by atoms with Crippen molar-refractivity contribution in [2.24, 2.45) is 11.8 Å². The Morgan fingerprint density at radius 1 is 1.31 bits per heavy atom. The second kappa shape index (κ2) is 6.02. The van der Waals surface area contributed by atoms with Gasteiger partial charge in [0.25, 0.3) is 0 Å². The fourth-order valence-corrected chi connectivity index (χ4v) is 2.78. The molecule has 1 unspecified atom stereocenters. The van der Waals surface area contributed by atoms with E-state index in [4.69, 9.17) is 0 Å². The number of hydrogen-bond acceptors (Lipinski definition) is 2. The molecule has 1 N–H and O–H groups in total. The zero-order chi connectivity index (χ0) is 11.4. The molecule has 1 saturated heterocycles. The van der Waals surface area contributed by atoms with Crippen LogP contribution >= 0.6 is 0 Å². The van der Waals surface area contributed by atoms with Gasteiger partial charge in [0.15, 0.2) is 0 Å². The molecule has 2 fully saturated rings. The highest BCUT2D eigenvalue weighted by Gasteiger charge is 2.23. The first-order valence-corrected chi connectivity index (χ1v) is 7.20. The van der Waals surface area contributed by atoms with E-state index >= 15 is 0 Å². The summed E-state index contributed by atoms with van der Waals surface area (Å²) >= 11 is 0. The fourth-order valence-electron chi connectivity index (χ4n) is 2.78. The molecule has 0 aromatic carbocycles. The third kappa shape index (κ3) is 4.42. The van der Waals surface area contributed by atoms with Crippen LogP contribution < -0.4 is 5.32 Å². The maximum absolute atomic E-state index is 3.70. The van der Waals surface area contributed by atoms with Crippen molar-refractivity contribution in [3.8, 4) is 0 Å². The van der Waals surface area contributed by atoms with Gasteiger partial charge in [-0.2, -0.15) is 0 Å². The minimum atomic E-state index is 0.738. The Bertz CT molecular complexity index is 199. The summed E-state index contributed by atoms with van der Waals surface area (Å²) in [6.07, 6.45) is 7.12. The quantitative estimate of drug-likeness (QED) is 0.772. The molecule has 0 spiro atoms. The van der Waals surface area contributed by atoms with Gasteiger partial charge in [0.05, 0.1) is 0 Å². The van der Waals surface area contributed by atoms with Gasteiger partial charge in [-0.15, -0.1) is 0 Å². The molecule has 0 aromatic heterocycles. The standard InChI is InChI=1S/C14H28N2/c1-12(2)10-14-11-16(8-3-7-15-14)9-6-13-4-5-13/h12-15H,3-11H2,1-2H3. The van der Waals surface area contributed by atoms with Crippen LogP contribution in [0.4, 0.5) is 0 Å². The maximum Gasteiger partial charge on any atom is 0.0197 e. The molecule has 1 heterocycles. The molecule has 1 aliphatic heterocycles. The number of nitrogens with one attached hydrogen (secondary N) is 1. The third-order valence-electron chi connectivity index (χ3n) is 3.87. The van der Waals surface area contributed by atoms with Crippen molar-refractivity contribution in [2.45, 2.75) is 52.0 Å². The molecule has 0 bridgehead atoms. The summed E-state index contributed by atoms with van der Waals surface area (Å²) in [7, 11) is 0. The zero-order valence-corrected chi connectivity index (χ0v) is 11.0. The monoisotopic (exact) mass is 224 g/mol. The smallest absolute Gasteiger partial charge is 0.0197 e. The van der Waals surface area contributed by atoms with Crippen LogP contribution in [0.5, 0.6) is 0 Å². The van der Waals surface area contributed by atoms with Gasteiger partial charge in [0.2, 0.25) is 0 Å². The second-order valence-electron chi connectivity index (χ2n) is 6.17. The van der Waals surface area contributed by atoms with E-state index in [1.54, 1.807) is 0 Å². The number of rotatable bonds is 5. The Morgan fingerprint density at radius 3 is 2.81 bits per heavy atom. The molecule has 2 rings (SSSR count). The van der Waals surface area contributed by atoms with E-state index in [9.17, 15) is 0 Å². The highest BCUT2D eigenvalue weighted by atomic mass is 15.2. The number of hydrogen-bond donors (Lipinski definition) is 1. The van der Waals surface area contributed by atoms with E-state index in [1.807, 2.05) is 0 Å². The molecule has 1 aliphatic carbocycles. The molecule has 2 nitrogen and oxygen atoms in total. The van der Waals surface area contributed by atoms with Crippen molar-refractivity contribution in [1.29, 1.82) is 0 Å². The average molecular weight is 224 g/mol. The van der Waals surface area contributed by atoms with Crippen LogP contribution in [0.2, 0.25) is 0 Å². The predicted molar refractivity (Wildman–Crippen MR) is 69.6 cm³/mol. The van der Waals surface area contributed by atoms with Gasteiger partial charge in [-0.05, 0) is 50.7 Å². The molecule has 0 radical (unpaired) electrons. The lowest BCUT2D eigenvalue weighted by Gasteiger charge is -2.25. The summed E-state index contributed by atoms with van der Waals surface area (Å²) in [6.45, 7) is 9.83. The van der Waals surface area contributed by atoms with Crippen LogP contribution in [0.25, 0.3) is 0 Å². The van der Waals surface area contributed by atoms with Crippen LogP contribution in [0.3, 0.4) is 0 Å². The Hall–Kier alpha value is -0.0800. The molecule has 1 atom stereocenters. The van der Waals surface area contributed by atoms with Gasteiger partial charge in [-0.1, -0.05) is 26.7 Å². The molecule has 94 valence electrons. The van der Waals surface area contributed by atoms with Crippen molar-refractivity contribution < 1.29 is 0 Å². The molecular formula is C14H28N2. The van der Waals surface area contributed by atoms with Crippen LogP contribution in [-0.4, -0.2) is 37.1 Å². The lowest BCUT2D eigenvalue weighted by atomic mass is 10.0. The minimum absolute atomic E-state index is 0.738. The van der Waals surface area contributed by atoms with Crippen LogP contribution in [0.15, 0.2) is 0 Å². The van der Waals surface area contributed by atoms with Crippen LogP contribution in [0.1, 0.15) is 46.0 Å². The Kier molecular flexibility index (Phi) is 4.66. The molecular weight excluding hydrogens is 196 g/mol. The first-order valence-electron chi connectivity index (χ1n) is 7.20. The predicted octanol–water partition coefficient (Wildman–Crippen LogP) is 2.50. The van der Waals surface area contributed by atoms with Gasteiger partial charge in [-0.25, -0.2) is 0 Å². The molecule has 16 heavy (non-hydrogen) atoms. The summed E-state index contributed by atoms with van der Waals surface area (Å²) in [5.74, 6) is 1.90. The van der Waals surface area contributed by atoms with Crippen molar-refractivity contribution in [3.05, 3.63) is 0 Å². The lowest BCUT2D eigenvalue weighted by Crippen LogP contribution is -2.39. The van der Waals surface area contributed by atoms with E-state index in [-0.39, 0.29) is 0 Å². The van der Waals surface area contributed by atoms with E-state index in [2.05, 4.69) is 24.1 Å². The summed E-state index contributed by atoms with van der Waals surface area (Å²) in [5, 5.41) is 3.70.